The Labute approximate surface area is 78.9 Å². The van der Waals surface area contributed by atoms with Crippen LogP contribution >= 0.6 is 0 Å². The summed E-state index contributed by atoms with van der Waals surface area (Å²) in [5.41, 5.74) is 1.28. The fraction of sp³-hybridized carbons (Fsp3) is 0.455. The van der Waals surface area contributed by atoms with Gasteiger partial charge in [-0.05, 0) is 12.1 Å². The lowest BCUT2D eigenvalue weighted by atomic mass is 9.98. The average molecular weight is 177 g/mol. The second kappa shape index (κ2) is 3.90. The molecule has 0 amide bonds. The van der Waals surface area contributed by atoms with E-state index in [1.165, 1.54) is 5.56 Å². The Balaban J connectivity index is 2.02. The molecule has 0 radical (unpaired) electrons. The van der Waals surface area contributed by atoms with Crippen LogP contribution in [0.15, 0.2) is 30.3 Å². The zero-order chi connectivity index (χ0) is 9.10. The van der Waals surface area contributed by atoms with E-state index < -0.39 is 0 Å². The maximum Gasteiger partial charge on any atom is 0.100 e. The van der Waals surface area contributed by atoms with Gasteiger partial charge in [0.05, 0.1) is 12.6 Å². The van der Waals surface area contributed by atoms with E-state index in [-0.39, 0.29) is 6.10 Å². The highest BCUT2D eigenvalue weighted by molar-refractivity contribution is 5.21. The third-order valence-corrected chi connectivity index (χ3v) is 2.42. The molecule has 1 heterocycles. The van der Waals surface area contributed by atoms with Crippen molar-refractivity contribution >= 4 is 0 Å². The first kappa shape index (κ1) is 8.73. The monoisotopic (exact) mass is 177 g/mol. The molecule has 0 aliphatic carbocycles. The molecule has 1 fully saturated rings. The summed E-state index contributed by atoms with van der Waals surface area (Å²) in [5, 5.41) is 3.41. The molecule has 0 aromatic heterocycles. The van der Waals surface area contributed by atoms with Crippen molar-refractivity contribution in [3.8, 4) is 0 Å². The molecular formula is C11H15NO. The molecule has 70 valence electrons. The van der Waals surface area contributed by atoms with Crippen molar-refractivity contribution in [2.45, 2.75) is 19.1 Å². The molecule has 13 heavy (non-hydrogen) atoms. The van der Waals surface area contributed by atoms with Crippen LogP contribution in [0.25, 0.3) is 0 Å². The van der Waals surface area contributed by atoms with Gasteiger partial charge < -0.3 is 10.1 Å². The van der Waals surface area contributed by atoms with Crippen LogP contribution in [0, 0.1) is 0 Å². The third kappa shape index (κ3) is 1.74. The predicted octanol–water partition coefficient (Wildman–Crippen LogP) is 1.74. The third-order valence-electron chi connectivity index (χ3n) is 2.42. The van der Waals surface area contributed by atoms with Gasteiger partial charge in [0.1, 0.15) is 6.10 Å². The lowest BCUT2D eigenvalue weighted by molar-refractivity contribution is -0.0891. The van der Waals surface area contributed by atoms with Gasteiger partial charge in [0.15, 0.2) is 0 Å². The van der Waals surface area contributed by atoms with Crippen LogP contribution in [0.4, 0.5) is 0 Å². The lowest BCUT2D eigenvalue weighted by Crippen LogP contribution is -2.48. The SMILES string of the molecule is CCNC1COC1c1ccccc1. The van der Waals surface area contributed by atoms with Gasteiger partial charge in [-0.25, -0.2) is 0 Å². The van der Waals surface area contributed by atoms with Crippen LogP contribution in [0.1, 0.15) is 18.6 Å². The molecule has 0 saturated carbocycles. The fourth-order valence-corrected chi connectivity index (χ4v) is 1.69. The molecule has 1 saturated heterocycles. The zero-order valence-corrected chi connectivity index (χ0v) is 7.86. The largest absolute Gasteiger partial charge is 0.370 e. The predicted molar refractivity (Wildman–Crippen MR) is 52.6 cm³/mol. The van der Waals surface area contributed by atoms with Crippen molar-refractivity contribution in [1.29, 1.82) is 0 Å². The van der Waals surface area contributed by atoms with Crippen LogP contribution in [0.3, 0.4) is 0 Å². The normalized spacial score (nSPS) is 26.8. The van der Waals surface area contributed by atoms with Crippen molar-refractivity contribution in [2.24, 2.45) is 0 Å². The van der Waals surface area contributed by atoms with Crippen LogP contribution in [0.2, 0.25) is 0 Å². The number of likely N-dealkylation sites (N-methyl/N-ethyl adjacent to an activating group) is 1. The highest BCUT2D eigenvalue weighted by Crippen LogP contribution is 2.29. The van der Waals surface area contributed by atoms with E-state index in [9.17, 15) is 0 Å². The molecule has 1 aliphatic rings. The average Bonchev–Trinajstić information content (AvgIpc) is 2.14. The summed E-state index contributed by atoms with van der Waals surface area (Å²) in [5.74, 6) is 0. The molecule has 0 bridgehead atoms. The molecule has 2 atom stereocenters. The van der Waals surface area contributed by atoms with Crippen LogP contribution in [0.5, 0.6) is 0 Å². The van der Waals surface area contributed by atoms with Gasteiger partial charge in [-0.1, -0.05) is 37.3 Å². The Morgan fingerprint density at radius 1 is 1.38 bits per heavy atom. The standard InChI is InChI=1S/C11H15NO/c1-2-12-10-8-13-11(10)9-6-4-3-5-7-9/h3-7,10-12H,2,8H2,1H3. The highest BCUT2D eigenvalue weighted by Gasteiger charge is 2.32. The quantitative estimate of drug-likeness (QED) is 0.759. The number of hydrogen-bond donors (Lipinski definition) is 1. The maximum atomic E-state index is 5.52. The molecule has 0 spiro atoms. The van der Waals surface area contributed by atoms with Gasteiger partial charge in [-0.3, -0.25) is 0 Å². The Kier molecular flexibility index (Phi) is 2.62. The smallest absolute Gasteiger partial charge is 0.100 e. The van der Waals surface area contributed by atoms with Crippen molar-refractivity contribution in [2.75, 3.05) is 13.2 Å². The fourth-order valence-electron chi connectivity index (χ4n) is 1.69. The van der Waals surface area contributed by atoms with Gasteiger partial charge in [0.2, 0.25) is 0 Å². The minimum Gasteiger partial charge on any atom is -0.370 e. The van der Waals surface area contributed by atoms with Gasteiger partial charge in [0, 0.05) is 0 Å². The van der Waals surface area contributed by atoms with E-state index in [1.54, 1.807) is 0 Å². The highest BCUT2D eigenvalue weighted by atomic mass is 16.5. The Morgan fingerprint density at radius 3 is 2.69 bits per heavy atom. The van der Waals surface area contributed by atoms with E-state index in [0.717, 1.165) is 13.2 Å². The summed E-state index contributed by atoms with van der Waals surface area (Å²) in [4.78, 5) is 0. The van der Waals surface area contributed by atoms with E-state index in [0.29, 0.717) is 6.04 Å². The van der Waals surface area contributed by atoms with Crippen LogP contribution < -0.4 is 5.32 Å². The molecule has 1 N–H and O–H groups in total. The summed E-state index contributed by atoms with van der Waals surface area (Å²) >= 11 is 0. The molecule has 1 aromatic rings. The van der Waals surface area contributed by atoms with Crippen molar-refractivity contribution in [3.05, 3.63) is 35.9 Å². The molecule has 2 nitrogen and oxygen atoms in total. The van der Waals surface area contributed by atoms with E-state index in [1.807, 2.05) is 6.07 Å². The molecule has 2 unspecified atom stereocenters. The first-order chi connectivity index (χ1) is 6.42. The second-order valence-electron chi connectivity index (χ2n) is 3.33. The van der Waals surface area contributed by atoms with Gasteiger partial charge in [-0.2, -0.15) is 0 Å². The summed E-state index contributed by atoms with van der Waals surface area (Å²) in [6.07, 6.45) is 0.265. The minimum atomic E-state index is 0.265. The van der Waals surface area contributed by atoms with E-state index in [2.05, 4.69) is 36.5 Å². The molecule has 1 aliphatic heterocycles. The molecule has 2 heteroatoms. The number of nitrogens with one attached hydrogen (secondary N) is 1. The summed E-state index contributed by atoms with van der Waals surface area (Å²) in [7, 11) is 0. The first-order valence-electron chi connectivity index (χ1n) is 4.81. The van der Waals surface area contributed by atoms with Crippen LogP contribution in [-0.4, -0.2) is 19.2 Å². The number of rotatable bonds is 3. The Hall–Kier alpha value is -0.860. The van der Waals surface area contributed by atoms with Gasteiger partial charge >= 0.3 is 0 Å². The second-order valence-corrected chi connectivity index (χ2v) is 3.33. The van der Waals surface area contributed by atoms with Crippen molar-refractivity contribution in [1.82, 2.24) is 5.32 Å². The zero-order valence-electron chi connectivity index (χ0n) is 7.86. The molecule has 1 aromatic carbocycles. The Bertz CT molecular complexity index is 260. The number of hydrogen-bond acceptors (Lipinski definition) is 2. The van der Waals surface area contributed by atoms with Crippen molar-refractivity contribution in [3.63, 3.8) is 0 Å². The minimum absolute atomic E-state index is 0.265. The lowest BCUT2D eigenvalue weighted by Gasteiger charge is -2.37. The molecular weight excluding hydrogens is 162 g/mol. The Morgan fingerprint density at radius 2 is 2.15 bits per heavy atom. The summed E-state index contributed by atoms with van der Waals surface area (Å²) < 4.78 is 5.52. The van der Waals surface area contributed by atoms with Crippen LogP contribution in [-0.2, 0) is 4.74 Å². The van der Waals surface area contributed by atoms with E-state index >= 15 is 0 Å². The number of benzene rings is 1. The van der Waals surface area contributed by atoms with Gasteiger partial charge in [-0.15, -0.1) is 0 Å². The topological polar surface area (TPSA) is 21.3 Å². The van der Waals surface area contributed by atoms with E-state index in [4.69, 9.17) is 4.74 Å². The van der Waals surface area contributed by atoms with Crippen molar-refractivity contribution < 1.29 is 4.74 Å². The maximum absolute atomic E-state index is 5.52. The molecule has 2 rings (SSSR count). The summed E-state index contributed by atoms with van der Waals surface area (Å²) in [6.45, 7) is 3.98. The van der Waals surface area contributed by atoms with Gasteiger partial charge in [0.25, 0.3) is 0 Å². The number of ether oxygens (including phenoxy) is 1. The summed E-state index contributed by atoms with van der Waals surface area (Å²) in [6, 6.07) is 10.9. The first-order valence-corrected chi connectivity index (χ1v) is 4.81.